The van der Waals surface area contributed by atoms with Crippen LogP contribution >= 0.6 is 0 Å². The zero-order valence-electron chi connectivity index (χ0n) is 17.9. The van der Waals surface area contributed by atoms with Gasteiger partial charge in [-0.05, 0) is 95.9 Å². The monoisotopic (exact) mass is 416 g/mol. The summed E-state index contributed by atoms with van der Waals surface area (Å²) in [4.78, 5) is 0. The Morgan fingerprint density at radius 1 is 0.720 bits per heavy atom. The molecule has 0 aromatic carbocycles. The largest absolute Gasteiger partial charge is 0.469 e. The quantitative estimate of drug-likeness (QED) is 0.336. The van der Waals surface area contributed by atoms with E-state index in [1.807, 2.05) is 0 Å². The van der Waals surface area contributed by atoms with Gasteiger partial charge in [0.15, 0.2) is 25.0 Å². The van der Waals surface area contributed by atoms with E-state index in [0.717, 1.165) is 23.8 Å². The van der Waals surface area contributed by atoms with Crippen molar-refractivity contribution >= 4 is 33.8 Å². The second kappa shape index (κ2) is 7.48. The van der Waals surface area contributed by atoms with Crippen molar-refractivity contribution in [2.24, 2.45) is 17.8 Å². The van der Waals surface area contributed by atoms with Crippen LogP contribution < -0.4 is 0 Å². The highest BCUT2D eigenvalue weighted by Gasteiger charge is 2.50. The number of rotatable bonds is 9. The average Bonchev–Trinajstić information content (AvgIpc) is 2.91. The summed E-state index contributed by atoms with van der Waals surface area (Å²) in [5.41, 5.74) is 0. The van der Waals surface area contributed by atoms with Crippen LogP contribution in [-0.4, -0.2) is 33.8 Å². The molecule has 1 saturated carbocycles. The molecule has 0 heterocycles. The molecule has 3 atom stereocenters. The summed E-state index contributed by atoms with van der Waals surface area (Å²) in [6.45, 7) is 20.5. The van der Waals surface area contributed by atoms with Crippen LogP contribution in [0, 0.1) is 17.8 Å². The van der Waals surface area contributed by atoms with Gasteiger partial charge in [-0.1, -0.05) is 12.2 Å². The minimum absolute atomic E-state index is 0.794. The molecule has 1 fully saturated rings. The van der Waals surface area contributed by atoms with E-state index in [-0.39, 0.29) is 0 Å². The Bertz CT molecular complexity index is 447. The maximum atomic E-state index is 6.80. The standard InChI is InChI=1S/C18H40O3Si4/c1-22(2,3)19-25(20-23(4,5)6,21-24(7,8)9)13-12-18-15-16-10-11-17(18)14-16/h10-11,16-18H,12-15H2,1-9H3. The predicted molar refractivity (Wildman–Crippen MR) is 117 cm³/mol. The molecule has 2 aliphatic rings. The van der Waals surface area contributed by atoms with Crippen LogP contribution in [0.3, 0.4) is 0 Å². The lowest BCUT2D eigenvalue weighted by atomic mass is 9.91. The molecule has 3 unspecified atom stereocenters. The van der Waals surface area contributed by atoms with Gasteiger partial charge in [0.1, 0.15) is 0 Å². The van der Waals surface area contributed by atoms with Crippen LogP contribution in [0.2, 0.25) is 65.0 Å². The summed E-state index contributed by atoms with van der Waals surface area (Å²) >= 11 is 0. The zero-order chi connectivity index (χ0) is 19.1. The topological polar surface area (TPSA) is 27.7 Å². The van der Waals surface area contributed by atoms with E-state index in [1.54, 1.807) is 0 Å². The van der Waals surface area contributed by atoms with E-state index in [2.05, 4.69) is 71.1 Å². The van der Waals surface area contributed by atoms with Crippen LogP contribution in [0.15, 0.2) is 12.2 Å². The van der Waals surface area contributed by atoms with Gasteiger partial charge in [-0.15, -0.1) is 0 Å². The molecule has 0 radical (unpaired) electrons. The Labute approximate surface area is 160 Å². The van der Waals surface area contributed by atoms with Crippen molar-refractivity contribution in [2.75, 3.05) is 0 Å². The third kappa shape index (κ3) is 7.19. The first-order chi connectivity index (χ1) is 11.2. The van der Waals surface area contributed by atoms with Gasteiger partial charge >= 0.3 is 8.80 Å². The number of hydrogen-bond donors (Lipinski definition) is 0. The summed E-state index contributed by atoms with van der Waals surface area (Å²) in [6.07, 6.45) is 8.83. The average molecular weight is 417 g/mol. The van der Waals surface area contributed by atoms with E-state index < -0.39 is 33.8 Å². The van der Waals surface area contributed by atoms with Gasteiger partial charge in [-0.2, -0.15) is 0 Å². The Morgan fingerprint density at radius 2 is 1.20 bits per heavy atom. The highest BCUT2D eigenvalue weighted by Crippen LogP contribution is 2.46. The third-order valence-corrected chi connectivity index (χ3v) is 16.6. The van der Waals surface area contributed by atoms with E-state index in [1.165, 1.54) is 19.3 Å². The van der Waals surface area contributed by atoms with Crippen LogP contribution in [0.1, 0.15) is 19.3 Å². The second-order valence-electron chi connectivity index (χ2n) is 10.9. The fourth-order valence-electron chi connectivity index (χ4n) is 4.20. The minimum atomic E-state index is -2.64. The van der Waals surface area contributed by atoms with Gasteiger partial charge in [0.25, 0.3) is 0 Å². The number of fused-ring (bicyclic) bond motifs is 2. The Kier molecular flexibility index (Phi) is 6.52. The van der Waals surface area contributed by atoms with E-state index in [4.69, 9.17) is 12.3 Å². The first kappa shape index (κ1) is 21.8. The Morgan fingerprint density at radius 3 is 1.52 bits per heavy atom. The van der Waals surface area contributed by atoms with Crippen molar-refractivity contribution in [3.8, 4) is 0 Å². The highest BCUT2D eigenvalue weighted by molar-refractivity contribution is 6.90. The second-order valence-corrected chi connectivity index (χ2v) is 27.9. The molecular formula is C18H40O3Si4. The molecule has 3 nitrogen and oxygen atoms in total. The molecule has 7 heteroatoms. The van der Waals surface area contributed by atoms with Gasteiger partial charge in [-0.25, -0.2) is 0 Å². The lowest BCUT2D eigenvalue weighted by Crippen LogP contribution is -2.60. The molecule has 0 spiro atoms. The van der Waals surface area contributed by atoms with Crippen molar-refractivity contribution in [1.29, 1.82) is 0 Å². The van der Waals surface area contributed by atoms with E-state index in [0.29, 0.717) is 0 Å². The maximum absolute atomic E-state index is 6.80. The van der Waals surface area contributed by atoms with E-state index >= 15 is 0 Å². The predicted octanol–water partition coefficient (Wildman–Crippen LogP) is 6.08. The molecule has 0 saturated heterocycles. The maximum Gasteiger partial charge on any atom is 0.469 e. The van der Waals surface area contributed by atoms with Crippen molar-refractivity contribution in [3.05, 3.63) is 12.2 Å². The summed E-state index contributed by atoms with van der Waals surface area (Å²) in [6, 6.07) is 1.01. The third-order valence-electron chi connectivity index (χ3n) is 4.62. The summed E-state index contributed by atoms with van der Waals surface area (Å²) in [7, 11) is -7.87. The lowest BCUT2D eigenvalue weighted by molar-refractivity contribution is 0.244. The fourth-order valence-corrected chi connectivity index (χ4v) is 19.0. The van der Waals surface area contributed by atoms with Crippen molar-refractivity contribution < 1.29 is 12.3 Å². The van der Waals surface area contributed by atoms with Crippen LogP contribution in [0.5, 0.6) is 0 Å². The van der Waals surface area contributed by atoms with Crippen molar-refractivity contribution in [3.63, 3.8) is 0 Å². The highest BCUT2D eigenvalue weighted by atomic mass is 28.5. The van der Waals surface area contributed by atoms with Crippen LogP contribution in [-0.2, 0) is 12.3 Å². The summed E-state index contributed by atoms with van der Waals surface area (Å²) < 4.78 is 20.4. The molecule has 0 aromatic rings. The molecule has 0 amide bonds. The van der Waals surface area contributed by atoms with Crippen molar-refractivity contribution in [2.45, 2.75) is 84.2 Å². The van der Waals surface area contributed by atoms with Crippen LogP contribution in [0.25, 0.3) is 0 Å². The number of allylic oxidation sites excluding steroid dienone is 2. The molecule has 25 heavy (non-hydrogen) atoms. The fraction of sp³-hybridized carbons (Fsp3) is 0.889. The zero-order valence-corrected chi connectivity index (χ0v) is 21.9. The molecule has 0 N–H and O–H groups in total. The molecule has 0 aliphatic heterocycles. The number of hydrogen-bond acceptors (Lipinski definition) is 3. The first-order valence-corrected chi connectivity index (χ1v) is 22.1. The Balaban J connectivity index is 2.19. The molecule has 2 bridgehead atoms. The minimum Gasteiger partial charge on any atom is -0.417 e. The van der Waals surface area contributed by atoms with Gasteiger partial charge in [0.2, 0.25) is 0 Å². The summed E-state index contributed by atoms with van der Waals surface area (Å²) in [5.74, 6) is 2.43. The molecular weight excluding hydrogens is 377 g/mol. The van der Waals surface area contributed by atoms with Gasteiger partial charge in [0, 0.05) is 6.04 Å². The van der Waals surface area contributed by atoms with E-state index in [9.17, 15) is 0 Å². The Hall–Kier alpha value is 0.488. The summed E-state index contributed by atoms with van der Waals surface area (Å²) in [5, 5.41) is 0. The van der Waals surface area contributed by atoms with Crippen molar-refractivity contribution in [1.82, 2.24) is 0 Å². The van der Waals surface area contributed by atoms with Crippen LogP contribution in [0.4, 0.5) is 0 Å². The molecule has 2 rings (SSSR count). The van der Waals surface area contributed by atoms with Gasteiger partial charge < -0.3 is 12.3 Å². The first-order valence-electron chi connectivity index (χ1n) is 9.95. The lowest BCUT2D eigenvalue weighted by Gasteiger charge is -2.43. The molecule has 146 valence electrons. The molecule has 0 aromatic heterocycles. The molecule has 2 aliphatic carbocycles. The smallest absolute Gasteiger partial charge is 0.417 e. The normalized spacial score (nSPS) is 27.3. The SMILES string of the molecule is C[Si](C)(C)O[Si](CCC1CC2C=CC1C2)(O[Si](C)(C)C)O[Si](C)(C)C. The van der Waals surface area contributed by atoms with Gasteiger partial charge in [-0.3, -0.25) is 0 Å². The van der Waals surface area contributed by atoms with Gasteiger partial charge in [0.05, 0.1) is 0 Å².